The SMILES string of the molecule is CCCCOc1ccc(C2CC(=O)Nc3ncnn32)cc1. The molecule has 0 saturated carbocycles. The molecule has 1 N–H and O–H groups in total. The quantitative estimate of drug-likeness (QED) is 0.857. The van der Waals surface area contributed by atoms with E-state index in [0.717, 1.165) is 30.8 Å². The Morgan fingerprint density at radius 2 is 2.19 bits per heavy atom. The lowest BCUT2D eigenvalue weighted by Gasteiger charge is -2.23. The standard InChI is InChI=1S/C15H18N4O2/c1-2-3-8-21-12-6-4-11(5-7-12)13-9-14(20)18-15-16-10-17-19(13)15/h4-7,10,13H,2-3,8-9H2,1H3,(H,16,17,18,20). The maximum Gasteiger partial charge on any atom is 0.229 e. The fraction of sp³-hybridized carbons (Fsp3) is 0.400. The summed E-state index contributed by atoms with van der Waals surface area (Å²) < 4.78 is 7.39. The number of fused-ring (bicyclic) bond motifs is 1. The Balaban J connectivity index is 1.77. The lowest BCUT2D eigenvalue weighted by molar-refractivity contribution is -0.117. The predicted octanol–water partition coefficient (Wildman–Crippen LogP) is 2.39. The summed E-state index contributed by atoms with van der Waals surface area (Å²) in [5.74, 6) is 1.31. The van der Waals surface area contributed by atoms with Crippen molar-refractivity contribution in [2.75, 3.05) is 11.9 Å². The van der Waals surface area contributed by atoms with Crippen molar-refractivity contribution < 1.29 is 9.53 Å². The Morgan fingerprint density at radius 1 is 1.38 bits per heavy atom. The van der Waals surface area contributed by atoms with Crippen LogP contribution in [0.4, 0.5) is 5.95 Å². The van der Waals surface area contributed by atoms with Crippen LogP contribution in [0.3, 0.4) is 0 Å². The number of carbonyl (C=O) groups is 1. The highest BCUT2D eigenvalue weighted by molar-refractivity contribution is 5.91. The van der Waals surface area contributed by atoms with Gasteiger partial charge in [-0.3, -0.25) is 10.1 Å². The number of unbranched alkanes of at least 4 members (excludes halogenated alkanes) is 1. The van der Waals surface area contributed by atoms with E-state index in [0.29, 0.717) is 12.4 Å². The van der Waals surface area contributed by atoms with Crippen LogP contribution in [0, 0.1) is 0 Å². The van der Waals surface area contributed by atoms with Crippen molar-refractivity contribution in [3.63, 3.8) is 0 Å². The number of nitrogens with zero attached hydrogens (tertiary/aromatic N) is 3. The van der Waals surface area contributed by atoms with Crippen LogP contribution in [-0.4, -0.2) is 27.3 Å². The summed E-state index contributed by atoms with van der Waals surface area (Å²) in [5.41, 5.74) is 1.03. The minimum absolute atomic E-state index is 0.0382. The van der Waals surface area contributed by atoms with Crippen molar-refractivity contribution in [1.82, 2.24) is 14.8 Å². The molecule has 1 aromatic carbocycles. The van der Waals surface area contributed by atoms with Crippen molar-refractivity contribution >= 4 is 11.9 Å². The van der Waals surface area contributed by atoms with E-state index < -0.39 is 0 Å². The van der Waals surface area contributed by atoms with Crippen LogP contribution in [0.25, 0.3) is 0 Å². The number of ether oxygens (including phenoxy) is 1. The minimum Gasteiger partial charge on any atom is -0.494 e. The topological polar surface area (TPSA) is 69.0 Å². The second-order valence-electron chi connectivity index (χ2n) is 5.07. The van der Waals surface area contributed by atoms with E-state index in [9.17, 15) is 4.79 Å². The highest BCUT2D eigenvalue weighted by Gasteiger charge is 2.27. The summed E-state index contributed by atoms with van der Waals surface area (Å²) in [6.07, 6.45) is 3.99. The van der Waals surface area contributed by atoms with E-state index in [1.54, 1.807) is 4.68 Å². The molecule has 6 nitrogen and oxygen atoms in total. The van der Waals surface area contributed by atoms with Crippen molar-refractivity contribution in [3.05, 3.63) is 36.2 Å². The maximum atomic E-state index is 11.7. The Hall–Kier alpha value is -2.37. The Kier molecular flexibility index (Phi) is 3.85. The molecule has 0 aliphatic carbocycles. The number of aromatic nitrogens is 3. The molecular formula is C15H18N4O2. The van der Waals surface area contributed by atoms with Gasteiger partial charge in [0.05, 0.1) is 19.1 Å². The number of anilines is 1. The lowest BCUT2D eigenvalue weighted by Crippen LogP contribution is -2.29. The van der Waals surface area contributed by atoms with E-state index in [4.69, 9.17) is 4.74 Å². The van der Waals surface area contributed by atoms with Gasteiger partial charge in [-0.15, -0.1) is 0 Å². The van der Waals surface area contributed by atoms with Crippen LogP contribution in [0.5, 0.6) is 5.75 Å². The fourth-order valence-corrected chi connectivity index (χ4v) is 2.39. The van der Waals surface area contributed by atoms with Crippen molar-refractivity contribution in [1.29, 1.82) is 0 Å². The van der Waals surface area contributed by atoms with Crippen LogP contribution in [-0.2, 0) is 4.79 Å². The second-order valence-corrected chi connectivity index (χ2v) is 5.07. The molecular weight excluding hydrogens is 268 g/mol. The highest BCUT2D eigenvalue weighted by Crippen LogP contribution is 2.29. The summed E-state index contributed by atoms with van der Waals surface area (Å²) in [5, 5.41) is 6.90. The molecule has 1 aliphatic rings. The molecule has 1 aliphatic heterocycles. The monoisotopic (exact) mass is 286 g/mol. The number of rotatable bonds is 5. The average molecular weight is 286 g/mol. The van der Waals surface area contributed by atoms with Gasteiger partial charge in [0.1, 0.15) is 12.1 Å². The molecule has 0 spiro atoms. The third-order valence-corrected chi connectivity index (χ3v) is 3.53. The summed E-state index contributed by atoms with van der Waals surface area (Å²) in [7, 11) is 0. The van der Waals surface area contributed by atoms with Gasteiger partial charge in [0.15, 0.2) is 0 Å². The van der Waals surface area contributed by atoms with Crippen LogP contribution in [0.2, 0.25) is 0 Å². The van der Waals surface area contributed by atoms with E-state index in [1.165, 1.54) is 6.33 Å². The first-order valence-corrected chi connectivity index (χ1v) is 7.20. The van der Waals surface area contributed by atoms with Crippen LogP contribution in [0.1, 0.15) is 37.8 Å². The van der Waals surface area contributed by atoms with Gasteiger partial charge in [0.2, 0.25) is 11.9 Å². The first kappa shape index (κ1) is 13.6. The zero-order valence-electron chi connectivity index (χ0n) is 12.0. The Bertz CT molecular complexity index is 621. The van der Waals surface area contributed by atoms with Crippen molar-refractivity contribution in [3.8, 4) is 5.75 Å². The first-order valence-electron chi connectivity index (χ1n) is 7.20. The van der Waals surface area contributed by atoms with Gasteiger partial charge in [-0.1, -0.05) is 25.5 Å². The van der Waals surface area contributed by atoms with E-state index in [2.05, 4.69) is 22.3 Å². The maximum absolute atomic E-state index is 11.7. The number of nitrogens with one attached hydrogen (secondary N) is 1. The van der Waals surface area contributed by atoms with Crippen LogP contribution < -0.4 is 10.1 Å². The smallest absolute Gasteiger partial charge is 0.229 e. The van der Waals surface area contributed by atoms with Gasteiger partial charge in [0.25, 0.3) is 0 Å². The molecule has 1 atom stereocenters. The van der Waals surface area contributed by atoms with Crippen LogP contribution >= 0.6 is 0 Å². The second kappa shape index (κ2) is 5.95. The highest BCUT2D eigenvalue weighted by atomic mass is 16.5. The lowest BCUT2D eigenvalue weighted by atomic mass is 10.0. The van der Waals surface area contributed by atoms with E-state index in [1.807, 2.05) is 24.3 Å². The average Bonchev–Trinajstić information content (AvgIpc) is 2.95. The van der Waals surface area contributed by atoms with Gasteiger partial charge in [-0.2, -0.15) is 10.1 Å². The van der Waals surface area contributed by atoms with Crippen LogP contribution in [0.15, 0.2) is 30.6 Å². The zero-order chi connectivity index (χ0) is 14.7. The molecule has 0 fully saturated rings. The Labute approximate surface area is 123 Å². The summed E-state index contributed by atoms with van der Waals surface area (Å²) in [6, 6.07) is 7.73. The van der Waals surface area contributed by atoms with Gasteiger partial charge in [-0.25, -0.2) is 4.68 Å². The molecule has 2 heterocycles. The molecule has 21 heavy (non-hydrogen) atoms. The van der Waals surface area contributed by atoms with Gasteiger partial charge in [0, 0.05) is 0 Å². The molecule has 0 bridgehead atoms. The molecule has 110 valence electrons. The number of amides is 1. The third kappa shape index (κ3) is 2.89. The largest absolute Gasteiger partial charge is 0.494 e. The molecule has 3 rings (SSSR count). The summed E-state index contributed by atoms with van der Waals surface area (Å²) in [6.45, 7) is 2.87. The van der Waals surface area contributed by atoms with Gasteiger partial charge < -0.3 is 4.74 Å². The minimum atomic E-state index is -0.110. The van der Waals surface area contributed by atoms with E-state index >= 15 is 0 Å². The Morgan fingerprint density at radius 3 is 2.95 bits per heavy atom. The number of hydrogen-bond donors (Lipinski definition) is 1. The van der Waals surface area contributed by atoms with Gasteiger partial charge >= 0.3 is 0 Å². The zero-order valence-corrected chi connectivity index (χ0v) is 12.0. The van der Waals surface area contributed by atoms with E-state index in [-0.39, 0.29) is 11.9 Å². The molecule has 2 aromatic rings. The number of hydrogen-bond acceptors (Lipinski definition) is 4. The number of carbonyl (C=O) groups excluding carboxylic acids is 1. The molecule has 0 saturated heterocycles. The molecule has 1 aromatic heterocycles. The first-order chi connectivity index (χ1) is 10.3. The molecule has 6 heteroatoms. The van der Waals surface area contributed by atoms with Gasteiger partial charge in [-0.05, 0) is 24.1 Å². The number of benzene rings is 1. The van der Waals surface area contributed by atoms with Crippen molar-refractivity contribution in [2.45, 2.75) is 32.2 Å². The molecule has 1 unspecified atom stereocenters. The summed E-state index contributed by atoms with van der Waals surface area (Å²) >= 11 is 0. The molecule has 1 amide bonds. The third-order valence-electron chi connectivity index (χ3n) is 3.53. The molecule has 0 radical (unpaired) electrons. The summed E-state index contributed by atoms with van der Waals surface area (Å²) in [4.78, 5) is 15.8. The fourth-order valence-electron chi connectivity index (χ4n) is 2.39. The predicted molar refractivity (Wildman–Crippen MR) is 78.3 cm³/mol. The normalized spacial score (nSPS) is 17.2. The van der Waals surface area contributed by atoms with Crippen molar-refractivity contribution in [2.24, 2.45) is 0 Å².